The predicted octanol–water partition coefficient (Wildman–Crippen LogP) is 2.39. The topological polar surface area (TPSA) is 32.8 Å². The van der Waals surface area contributed by atoms with Crippen LogP contribution in [0, 0.1) is 11.7 Å². The third kappa shape index (κ3) is 3.73. The lowest BCUT2D eigenvalue weighted by atomic mass is 10.1. The maximum absolute atomic E-state index is 14.2. The normalized spacial score (nSPS) is 17.8. The molecule has 1 aromatic rings. The van der Waals surface area contributed by atoms with E-state index in [1.165, 1.54) is 6.07 Å². The molecule has 1 aliphatic rings. The third-order valence-corrected chi connectivity index (χ3v) is 3.87. The highest BCUT2D eigenvalue weighted by Crippen LogP contribution is 2.20. The van der Waals surface area contributed by atoms with Crippen LogP contribution in [0.2, 0.25) is 0 Å². The number of benzene rings is 1. The Balaban J connectivity index is 2.13. The standard InChI is InChI=1S/C16H23FN2O2/c1-4-19(10-12-7-8-21-11-12)16(20)14-6-5-13(18(2)3)9-15(14)17/h5-6,9,12H,4,7-8,10-11H2,1-3H3/t12-/m0/s1. The Morgan fingerprint density at radius 1 is 1.43 bits per heavy atom. The Morgan fingerprint density at radius 3 is 2.71 bits per heavy atom. The van der Waals surface area contributed by atoms with Crippen LogP contribution in [-0.4, -0.2) is 51.2 Å². The van der Waals surface area contributed by atoms with E-state index < -0.39 is 5.82 Å². The first-order chi connectivity index (χ1) is 10.0. The molecular weight excluding hydrogens is 271 g/mol. The maximum atomic E-state index is 14.2. The Labute approximate surface area is 125 Å². The van der Waals surface area contributed by atoms with Crippen molar-refractivity contribution in [1.29, 1.82) is 0 Å². The van der Waals surface area contributed by atoms with E-state index in [0.29, 0.717) is 25.6 Å². The summed E-state index contributed by atoms with van der Waals surface area (Å²) in [4.78, 5) is 16.0. The van der Waals surface area contributed by atoms with Gasteiger partial charge in [0.15, 0.2) is 0 Å². The van der Waals surface area contributed by atoms with Gasteiger partial charge in [-0.05, 0) is 31.5 Å². The van der Waals surface area contributed by atoms with Gasteiger partial charge in [0.2, 0.25) is 0 Å². The molecule has 1 amide bonds. The van der Waals surface area contributed by atoms with Crippen LogP contribution >= 0.6 is 0 Å². The van der Waals surface area contributed by atoms with Crippen molar-refractivity contribution < 1.29 is 13.9 Å². The molecule has 0 aliphatic carbocycles. The number of carbonyl (C=O) groups excluding carboxylic acids is 1. The van der Waals surface area contributed by atoms with E-state index >= 15 is 0 Å². The highest BCUT2D eigenvalue weighted by Gasteiger charge is 2.24. The lowest BCUT2D eigenvalue weighted by Crippen LogP contribution is -2.36. The van der Waals surface area contributed by atoms with Gasteiger partial charge < -0.3 is 14.5 Å². The fourth-order valence-electron chi connectivity index (χ4n) is 2.52. The van der Waals surface area contributed by atoms with Gasteiger partial charge in [-0.15, -0.1) is 0 Å². The fraction of sp³-hybridized carbons (Fsp3) is 0.562. The molecule has 0 saturated carbocycles. The van der Waals surface area contributed by atoms with E-state index in [1.807, 2.05) is 25.9 Å². The van der Waals surface area contributed by atoms with Crippen LogP contribution in [0.4, 0.5) is 10.1 Å². The van der Waals surface area contributed by atoms with E-state index in [1.54, 1.807) is 17.0 Å². The van der Waals surface area contributed by atoms with E-state index in [-0.39, 0.29) is 11.5 Å². The van der Waals surface area contributed by atoms with Crippen molar-refractivity contribution in [2.24, 2.45) is 5.92 Å². The Hall–Kier alpha value is -1.62. The maximum Gasteiger partial charge on any atom is 0.256 e. The smallest absolute Gasteiger partial charge is 0.256 e. The third-order valence-electron chi connectivity index (χ3n) is 3.87. The zero-order valence-corrected chi connectivity index (χ0v) is 12.9. The molecule has 1 heterocycles. The quantitative estimate of drug-likeness (QED) is 0.836. The molecule has 2 rings (SSSR count). The van der Waals surface area contributed by atoms with Crippen molar-refractivity contribution in [2.75, 3.05) is 45.3 Å². The second-order valence-electron chi connectivity index (χ2n) is 5.63. The van der Waals surface area contributed by atoms with Crippen LogP contribution < -0.4 is 4.90 Å². The van der Waals surface area contributed by atoms with Gasteiger partial charge in [-0.2, -0.15) is 0 Å². The van der Waals surface area contributed by atoms with Crippen molar-refractivity contribution in [3.05, 3.63) is 29.6 Å². The number of halogens is 1. The second kappa shape index (κ2) is 6.89. The molecule has 1 fully saturated rings. The molecular formula is C16H23FN2O2. The van der Waals surface area contributed by atoms with Gasteiger partial charge in [-0.1, -0.05) is 0 Å². The predicted molar refractivity (Wildman–Crippen MR) is 81.2 cm³/mol. The SMILES string of the molecule is CCN(C[C@@H]1CCOC1)C(=O)c1ccc(N(C)C)cc1F. The van der Waals surface area contributed by atoms with E-state index in [2.05, 4.69) is 0 Å². The lowest BCUT2D eigenvalue weighted by molar-refractivity contribution is 0.0726. The summed E-state index contributed by atoms with van der Waals surface area (Å²) in [6.45, 7) is 4.56. The highest BCUT2D eigenvalue weighted by atomic mass is 19.1. The van der Waals surface area contributed by atoms with E-state index in [4.69, 9.17) is 4.74 Å². The van der Waals surface area contributed by atoms with Crippen LogP contribution in [0.3, 0.4) is 0 Å². The molecule has 0 radical (unpaired) electrons. The molecule has 0 spiro atoms. The number of hydrogen-bond donors (Lipinski definition) is 0. The fourth-order valence-corrected chi connectivity index (χ4v) is 2.52. The minimum Gasteiger partial charge on any atom is -0.381 e. The van der Waals surface area contributed by atoms with Crippen molar-refractivity contribution in [3.63, 3.8) is 0 Å². The molecule has 5 heteroatoms. The summed E-state index contributed by atoms with van der Waals surface area (Å²) >= 11 is 0. The summed E-state index contributed by atoms with van der Waals surface area (Å²) in [5, 5.41) is 0. The van der Waals surface area contributed by atoms with Crippen molar-refractivity contribution in [3.8, 4) is 0 Å². The summed E-state index contributed by atoms with van der Waals surface area (Å²) in [6.07, 6.45) is 0.964. The first kappa shape index (κ1) is 15.8. The van der Waals surface area contributed by atoms with Crippen LogP contribution in [0.5, 0.6) is 0 Å². The number of amides is 1. The van der Waals surface area contributed by atoms with Gasteiger partial charge in [-0.25, -0.2) is 4.39 Å². The summed E-state index contributed by atoms with van der Waals surface area (Å²) in [5.41, 5.74) is 0.887. The van der Waals surface area contributed by atoms with Gasteiger partial charge in [0.25, 0.3) is 5.91 Å². The van der Waals surface area contributed by atoms with Gasteiger partial charge in [-0.3, -0.25) is 4.79 Å². The van der Waals surface area contributed by atoms with Crippen LogP contribution in [0.15, 0.2) is 18.2 Å². The van der Waals surface area contributed by atoms with E-state index in [9.17, 15) is 9.18 Å². The lowest BCUT2D eigenvalue weighted by Gasteiger charge is -2.24. The Bertz CT molecular complexity index is 499. The molecule has 21 heavy (non-hydrogen) atoms. The van der Waals surface area contributed by atoms with Gasteiger partial charge in [0.1, 0.15) is 5.82 Å². The number of carbonyl (C=O) groups is 1. The van der Waals surface area contributed by atoms with Crippen molar-refractivity contribution >= 4 is 11.6 Å². The van der Waals surface area contributed by atoms with Crippen LogP contribution in [0.1, 0.15) is 23.7 Å². The molecule has 1 atom stereocenters. The molecule has 0 bridgehead atoms. The molecule has 116 valence electrons. The van der Waals surface area contributed by atoms with Gasteiger partial charge in [0, 0.05) is 45.4 Å². The zero-order chi connectivity index (χ0) is 15.4. The van der Waals surface area contributed by atoms with Crippen molar-refractivity contribution in [2.45, 2.75) is 13.3 Å². The summed E-state index contributed by atoms with van der Waals surface area (Å²) in [7, 11) is 3.68. The number of ether oxygens (including phenoxy) is 1. The van der Waals surface area contributed by atoms with E-state index in [0.717, 1.165) is 18.7 Å². The summed E-state index contributed by atoms with van der Waals surface area (Å²) < 4.78 is 19.5. The largest absolute Gasteiger partial charge is 0.381 e. The summed E-state index contributed by atoms with van der Waals surface area (Å²) in [6, 6.07) is 4.74. The molecule has 1 saturated heterocycles. The second-order valence-corrected chi connectivity index (χ2v) is 5.63. The Kier molecular flexibility index (Phi) is 5.17. The summed E-state index contributed by atoms with van der Waals surface area (Å²) in [5.74, 6) is -0.350. The monoisotopic (exact) mass is 294 g/mol. The van der Waals surface area contributed by atoms with Crippen LogP contribution in [-0.2, 0) is 4.74 Å². The molecule has 1 aromatic carbocycles. The number of nitrogens with zero attached hydrogens (tertiary/aromatic N) is 2. The van der Waals surface area contributed by atoms with Gasteiger partial charge >= 0.3 is 0 Å². The first-order valence-corrected chi connectivity index (χ1v) is 7.36. The van der Waals surface area contributed by atoms with Crippen LogP contribution in [0.25, 0.3) is 0 Å². The Morgan fingerprint density at radius 2 is 2.19 bits per heavy atom. The molecule has 0 unspecified atom stereocenters. The van der Waals surface area contributed by atoms with Gasteiger partial charge in [0.05, 0.1) is 12.2 Å². The molecule has 0 N–H and O–H groups in total. The average molecular weight is 294 g/mol. The number of anilines is 1. The van der Waals surface area contributed by atoms with Crippen molar-refractivity contribution in [1.82, 2.24) is 4.90 Å². The number of hydrogen-bond acceptors (Lipinski definition) is 3. The average Bonchev–Trinajstić information content (AvgIpc) is 2.96. The highest BCUT2D eigenvalue weighted by molar-refractivity contribution is 5.94. The molecule has 0 aromatic heterocycles. The molecule has 4 nitrogen and oxygen atoms in total. The molecule has 1 aliphatic heterocycles. The minimum absolute atomic E-state index is 0.140. The first-order valence-electron chi connectivity index (χ1n) is 7.36. The zero-order valence-electron chi connectivity index (χ0n) is 12.9. The number of rotatable bonds is 5. The minimum atomic E-state index is -0.465.